The van der Waals surface area contributed by atoms with Crippen LogP contribution in [0.3, 0.4) is 0 Å². The summed E-state index contributed by atoms with van der Waals surface area (Å²) in [6.45, 7) is 1.19. The number of Topliss-reactive ketones (excluding diaryl/α,β-unsaturated/α-hetero) is 1. The second-order valence-electron chi connectivity index (χ2n) is 12.4. The van der Waals surface area contributed by atoms with Crippen LogP contribution in [0.4, 0.5) is 4.39 Å². The third-order valence-electron chi connectivity index (χ3n) is 9.41. The lowest BCUT2D eigenvalue weighted by atomic mass is 9.72. The zero-order valence-electron chi connectivity index (χ0n) is 24.8. The van der Waals surface area contributed by atoms with Crippen LogP contribution in [0.1, 0.15) is 66.9 Å². The molecule has 2 aliphatic carbocycles. The number of nitrogens with zero attached hydrogens (tertiary/aromatic N) is 5. The first kappa shape index (κ1) is 30.2. The van der Waals surface area contributed by atoms with E-state index >= 15 is 0 Å². The van der Waals surface area contributed by atoms with Crippen molar-refractivity contribution in [2.24, 2.45) is 11.3 Å². The lowest BCUT2D eigenvalue weighted by molar-refractivity contribution is -0.125. The monoisotopic (exact) mass is 617 g/mol. The molecule has 2 atom stereocenters. The van der Waals surface area contributed by atoms with Crippen LogP contribution < -0.4 is 0 Å². The van der Waals surface area contributed by atoms with Crippen molar-refractivity contribution in [3.8, 4) is 22.9 Å². The van der Waals surface area contributed by atoms with Gasteiger partial charge in [-0.05, 0) is 67.6 Å². The Kier molecular flexibility index (Phi) is 8.16. The number of benzene rings is 2. The second-order valence-corrected chi connectivity index (χ2v) is 14.4. The minimum atomic E-state index is -3.29. The van der Waals surface area contributed by atoms with Crippen molar-refractivity contribution in [1.82, 2.24) is 19.0 Å². The summed E-state index contributed by atoms with van der Waals surface area (Å²) in [6.07, 6.45) is 8.40. The quantitative estimate of drug-likeness (QED) is 0.354. The van der Waals surface area contributed by atoms with E-state index in [1.807, 2.05) is 18.3 Å². The van der Waals surface area contributed by atoms with Crippen LogP contribution in [0.15, 0.2) is 54.7 Å². The normalized spacial score (nSPS) is 21.9. The molecule has 0 bridgehead atoms. The summed E-state index contributed by atoms with van der Waals surface area (Å²) in [4.78, 5) is 28.5. The summed E-state index contributed by atoms with van der Waals surface area (Å²) < 4.78 is 40.5. The summed E-state index contributed by atoms with van der Waals surface area (Å²) in [5.74, 6) is -0.709. The van der Waals surface area contributed by atoms with Gasteiger partial charge in [0, 0.05) is 61.8 Å². The number of aromatic nitrogens is 2. The first-order valence-electron chi connectivity index (χ1n) is 15.2. The number of piperazine rings is 1. The average Bonchev–Trinajstić information content (AvgIpc) is 3.67. The highest BCUT2D eigenvalue weighted by Gasteiger charge is 2.47. The Hall–Kier alpha value is -3.88. The molecule has 1 saturated heterocycles. The second kappa shape index (κ2) is 11.9. The SMILES string of the molecule is CS(=O)(=O)N1CCN(C(=O)c2ccc(-c3cn(-c4ccc(F)cc4)nc3[C@@H]3CCCC[C@H]3C(=O)CC3(C#N)CC3)cc2)CC1. The zero-order chi connectivity index (χ0) is 31.1. The molecule has 44 heavy (non-hydrogen) atoms. The molecular weight excluding hydrogens is 581 g/mol. The summed E-state index contributed by atoms with van der Waals surface area (Å²) >= 11 is 0. The number of rotatable bonds is 8. The van der Waals surface area contributed by atoms with E-state index in [0.717, 1.165) is 55.3 Å². The van der Waals surface area contributed by atoms with Gasteiger partial charge in [0.05, 0.1) is 29.1 Å². The molecule has 3 aromatic rings. The van der Waals surface area contributed by atoms with Gasteiger partial charge in [-0.25, -0.2) is 17.5 Å². The van der Waals surface area contributed by atoms with Gasteiger partial charge in [-0.2, -0.15) is 14.7 Å². The summed E-state index contributed by atoms with van der Waals surface area (Å²) in [7, 11) is -3.29. The Morgan fingerprint density at radius 1 is 1.00 bits per heavy atom. The fourth-order valence-corrected chi connectivity index (χ4v) is 7.42. The fraction of sp³-hybridized carbons (Fsp3) is 0.455. The zero-order valence-corrected chi connectivity index (χ0v) is 25.6. The van der Waals surface area contributed by atoms with Crippen molar-refractivity contribution in [2.75, 3.05) is 32.4 Å². The van der Waals surface area contributed by atoms with Crippen molar-refractivity contribution in [2.45, 2.75) is 50.9 Å². The molecule has 0 unspecified atom stereocenters. The third-order valence-corrected chi connectivity index (χ3v) is 10.7. The summed E-state index contributed by atoms with van der Waals surface area (Å²) in [6, 6.07) is 15.8. The lowest BCUT2D eigenvalue weighted by Crippen LogP contribution is -2.50. The highest BCUT2D eigenvalue weighted by molar-refractivity contribution is 7.88. The minimum Gasteiger partial charge on any atom is -0.336 e. The maximum Gasteiger partial charge on any atom is 0.253 e. The molecule has 1 aliphatic heterocycles. The number of ketones is 1. The number of carbonyl (C=O) groups is 2. The Morgan fingerprint density at radius 3 is 2.27 bits per heavy atom. The highest BCUT2D eigenvalue weighted by atomic mass is 32.2. The Labute approximate surface area is 257 Å². The van der Waals surface area contributed by atoms with Gasteiger partial charge in [0.2, 0.25) is 10.0 Å². The molecule has 1 amide bonds. The number of halogens is 1. The minimum absolute atomic E-state index is 0.116. The Morgan fingerprint density at radius 2 is 1.66 bits per heavy atom. The Balaban J connectivity index is 1.30. The molecule has 6 rings (SSSR count). The molecule has 2 heterocycles. The van der Waals surface area contributed by atoms with Gasteiger partial charge in [0.15, 0.2) is 0 Å². The predicted molar refractivity (Wildman–Crippen MR) is 163 cm³/mol. The van der Waals surface area contributed by atoms with Gasteiger partial charge in [-0.1, -0.05) is 25.0 Å². The Bertz CT molecular complexity index is 1700. The number of carbonyl (C=O) groups excluding carboxylic acids is 2. The predicted octanol–water partition coefficient (Wildman–Crippen LogP) is 4.93. The molecule has 2 aromatic carbocycles. The molecular formula is C33H36FN5O4S. The van der Waals surface area contributed by atoms with Gasteiger partial charge in [0.25, 0.3) is 5.91 Å². The first-order valence-corrected chi connectivity index (χ1v) is 17.1. The largest absolute Gasteiger partial charge is 0.336 e. The number of hydrogen-bond donors (Lipinski definition) is 0. The van der Waals surface area contributed by atoms with Gasteiger partial charge in [-0.3, -0.25) is 9.59 Å². The van der Waals surface area contributed by atoms with Crippen LogP contribution in [0.5, 0.6) is 0 Å². The topological polar surface area (TPSA) is 116 Å². The molecule has 230 valence electrons. The van der Waals surface area contributed by atoms with E-state index in [9.17, 15) is 27.7 Å². The van der Waals surface area contributed by atoms with E-state index in [1.165, 1.54) is 22.7 Å². The lowest BCUT2D eigenvalue weighted by Gasteiger charge is -2.33. The van der Waals surface area contributed by atoms with E-state index < -0.39 is 15.4 Å². The fourth-order valence-electron chi connectivity index (χ4n) is 6.59. The number of hydrogen-bond acceptors (Lipinski definition) is 6. The van der Waals surface area contributed by atoms with Crippen molar-refractivity contribution >= 4 is 21.7 Å². The van der Waals surface area contributed by atoms with Gasteiger partial charge >= 0.3 is 0 Å². The van der Waals surface area contributed by atoms with Crippen molar-refractivity contribution in [1.29, 1.82) is 5.26 Å². The number of amides is 1. The van der Waals surface area contributed by atoms with Crippen molar-refractivity contribution < 1.29 is 22.4 Å². The van der Waals surface area contributed by atoms with Crippen molar-refractivity contribution in [3.63, 3.8) is 0 Å². The summed E-state index contributed by atoms with van der Waals surface area (Å²) in [5, 5.41) is 14.6. The third kappa shape index (κ3) is 6.19. The molecule has 0 N–H and O–H groups in total. The molecule has 9 nitrogen and oxygen atoms in total. The first-order chi connectivity index (χ1) is 21.1. The maximum absolute atomic E-state index is 13.7. The molecule has 3 fully saturated rings. The van der Waals surface area contributed by atoms with E-state index in [-0.39, 0.29) is 48.9 Å². The standard InChI is InChI=1S/C33H36FN5O4S/c1-44(42,43)38-18-16-37(17-19-38)32(41)24-8-6-23(7-9-24)29-21-39(26-12-10-25(34)11-13-26)36-31(29)28-5-3-2-4-27(28)30(40)20-33(22-35)14-15-33/h6-13,21,27-28H,2-5,14-20H2,1H3/t27-,28-/m1/s1. The highest BCUT2D eigenvalue weighted by Crippen LogP contribution is 2.51. The molecule has 11 heteroatoms. The van der Waals surface area contributed by atoms with Gasteiger partial charge < -0.3 is 4.90 Å². The molecule has 0 spiro atoms. The average molecular weight is 618 g/mol. The number of sulfonamides is 1. The van der Waals surface area contributed by atoms with E-state index in [1.54, 1.807) is 33.8 Å². The van der Waals surface area contributed by atoms with E-state index in [2.05, 4.69) is 6.07 Å². The van der Waals surface area contributed by atoms with Crippen LogP contribution in [-0.4, -0.2) is 71.5 Å². The van der Waals surface area contributed by atoms with Crippen LogP contribution in [0.25, 0.3) is 16.8 Å². The molecule has 2 saturated carbocycles. The molecule has 0 radical (unpaired) electrons. The van der Waals surface area contributed by atoms with Gasteiger partial charge in [0.1, 0.15) is 11.6 Å². The summed E-state index contributed by atoms with van der Waals surface area (Å²) in [5.41, 5.74) is 3.19. The molecule has 1 aromatic heterocycles. The van der Waals surface area contributed by atoms with E-state index in [4.69, 9.17) is 5.10 Å². The van der Waals surface area contributed by atoms with Crippen LogP contribution >= 0.6 is 0 Å². The van der Waals surface area contributed by atoms with Gasteiger partial charge in [-0.15, -0.1) is 0 Å². The number of nitriles is 1. The maximum atomic E-state index is 13.7. The molecule has 3 aliphatic rings. The smallest absolute Gasteiger partial charge is 0.253 e. The van der Waals surface area contributed by atoms with Crippen molar-refractivity contribution in [3.05, 3.63) is 71.8 Å². The van der Waals surface area contributed by atoms with Crippen LogP contribution in [0.2, 0.25) is 0 Å². The van der Waals surface area contributed by atoms with Crippen LogP contribution in [0, 0.1) is 28.5 Å². The van der Waals surface area contributed by atoms with E-state index in [0.29, 0.717) is 24.3 Å². The van der Waals surface area contributed by atoms with Crippen LogP contribution in [-0.2, 0) is 14.8 Å².